The monoisotopic (exact) mass is 543 g/mol. The SMILES string of the molecule is COc1cccc(C(=O)Nc2c[nH]c3ncc(Br)c(N(C(=O)OC(C)(C)C)[C@@H]4CCCNC4)c23)c1. The van der Waals surface area contributed by atoms with Gasteiger partial charge in [0.25, 0.3) is 5.91 Å². The summed E-state index contributed by atoms with van der Waals surface area (Å²) in [5.41, 5.74) is 1.43. The van der Waals surface area contributed by atoms with Gasteiger partial charge in [-0.05, 0) is 74.3 Å². The summed E-state index contributed by atoms with van der Waals surface area (Å²) in [5, 5.41) is 6.96. The molecule has 1 fully saturated rings. The summed E-state index contributed by atoms with van der Waals surface area (Å²) in [6, 6.07) is 6.78. The molecule has 0 saturated carbocycles. The van der Waals surface area contributed by atoms with Gasteiger partial charge in [-0.15, -0.1) is 0 Å². The van der Waals surface area contributed by atoms with Crippen molar-refractivity contribution in [2.75, 3.05) is 30.4 Å². The van der Waals surface area contributed by atoms with Gasteiger partial charge in [-0.25, -0.2) is 9.78 Å². The molecule has 1 aliphatic rings. The zero-order chi connectivity index (χ0) is 25.2. The Hall–Kier alpha value is -3.11. The van der Waals surface area contributed by atoms with Crippen molar-refractivity contribution < 1.29 is 19.1 Å². The van der Waals surface area contributed by atoms with Crippen LogP contribution in [-0.2, 0) is 4.74 Å². The number of halogens is 1. The lowest BCUT2D eigenvalue weighted by Gasteiger charge is -2.36. The van der Waals surface area contributed by atoms with Crippen molar-refractivity contribution in [1.82, 2.24) is 15.3 Å². The number of aromatic amines is 1. The second-order valence-corrected chi connectivity index (χ2v) is 10.3. The molecule has 3 aromatic rings. The van der Waals surface area contributed by atoms with E-state index in [0.717, 1.165) is 19.4 Å². The number of carbonyl (C=O) groups excluding carboxylic acids is 2. The minimum atomic E-state index is -0.669. The van der Waals surface area contributed by atoms with Gasteiger partial charge in [0.05, 0.1) is 34.4 Å². The standard InChI is InChI=1S/C25H30BrN5O4/c1-25(2,3)35-24(33)31(16-8-6-10-27-12-16)21-18(26)13-28-22-20(21)19(14-29-22)30-23(32)15-7-5-9-17(11-15)34-4/h5,7,9,11,13-14,16,27H,6,8,10,12H2,1-4H3,(H,28,29)(H,30,32)/t16-/m1/s1. The third kappa shape index (κ3) is 5.59. The van der Waals surface area contributed by atoms with Crippen molar-refractivity contribution in [2.24, 2.45) is 0 Å². The molecule has 2 amide bonds. The number of hydrogen-bond acceptors (Lipinski definition) is 6. The lowest BCUT2D eigenvalue weighted by Crippen LogP contribution is -2.50. The largest absolute Gasteiger partial charge is 0.497 e. The number of fused-ring (bicyclic) bond motifs is 1. The zero-order valence-electron chi connectivity index (χ0n) is 20.3. The van der Waals surface area contributed by atoms with E-state index >= 15 is 0 Å². The van der Waals surface area contributed by atoms with Gasteiger partial charge in [0.1, 0.15) is 17.0 Å². The Bertz CT molecular complexity index is 1230. The molecule has 10 heteroatoms. The quantitative estimate of drug-likeness (QED) is 0.414. The van der Waals surface area contributed by atoms with Gasteiger partial charge in [0.15, 0.2) is 0 Å². The van der Waals surface area contributed by atoms with Crippen molar-refractivity contribution in [3.63, 3.8) is 0 Å². The summed E-state index contributed by atoms with van der Waals surface area (Å²) in [7, 11) is 1.55. The van der Waals surface area contributed by atoms with Gasteiger partial charge >= 0.3 is 6.09 Å². The molecular weight excluding hydrogens is 514 g/mol. The van der Waals surface area contributed by atoms with E-state index in [-0.39, 0.29) is 11.9 Å². The van der Waals surface area contributed by atoms with Crippen molar-refractivity contribution >= 4 is 50.3 Å². The Morgan fingerprint density at radius 1 is 1.29 bits per heavy atom. The maximum atomic E-state index is 13.5. The predicted molar refractivity (Wildman–Crippen MR) is 139 cm³/mol. The van der Waals surface area contributed by atoms with Gasteiger partial charge < -0.3 is 25.1 Å². The van der Waals surface area contributed by atoms with Crippen LogP contribution in [0.1, 0.15) is 44.0 Å². The Kier molecular flexibility index (Phi) is 7.32. The smallest absolute Gasteiger partial charge is 0.415 e. The van der Waals surface area contributed by atoms with Crippen LogP contribution in [0.4, 0.5) is 16.2 Å². The fourth-order valence-electron chi connectivity index (χ4n) is 4.14. The maximum absolute atomic E-state index is 13.5. The van der Waals surface area contributed by atoms with Gasteiger partial charge in [-0.3, -0.25) is 9.69 Å². The zero-order valence-corrected chi connectivity index (χ0v) is 21.9. The number of nitrogens with zero attached hydrogens (tertiary/aromatic N) is 2. The first-order chi connectivity index (χ1) is 16.7. The van der Waals surface area contributed by atoms with Crippen LogP contribution in [0.15, 0.2) is 41.1 Å². The van der Waals surface area contributed by atoms with Crippen molar-refractivity contribution in [3.8, 4) is 5.75 Å². The van der Waals surface area contributed by atoms with Gasteiger partial charge in [-0.1, -0.05) is 6.07 Å². The number of hydrogen-bond donors (Lipinski definition) is 3. The molecule has 1 aliphatic heterocycles. The van der Waals surface area contributed by atoms with E-state index < -0.39 is 11.7 Å². The summed E-state index contributed by atoms with van der Waals surface area (Å²) in [6.45, 7) is 7.06. The van der Waals surface area contributed by atoms with Gasteiger partial charge in [0.2, 0.25) is 0 Å². The van der Waals surface area contributed by atoms with Crippen LogP contribution in [0, 0.1) is 0 Å². The second kappa shape index (κ2) is 10.2. The number of nitrogens with one attached hydrogen (secondary N) is 3. The van der Waals surface area contributed by atoms with Crippen molar-refractivity contribution in [3.05, 3.63) is 46.7 Å². The minimum Gasteiger partial charge on any atom is -0.497 e. The molecule has 3 N–H and O–H groups in total. The van der Waals surface area contributed by atoms with E-state index in [2.05, 4.69) is 36.5 Å². The van der Waals surface area contributed by atoms with Gasteiger partial charge in [-0.2, -0.15) is 0 Å². The predicted octanol–water partition coefficient (Wildman–Crippen LogP) is 5.08. The Balaban J connectivity index is 1.79. The van der Waals surface area contributed by atoms with Crippen LogP contribution in [0.3, 0.4) is 0 Å². The molecule has 3 heterocycles. The lowest BCUT2D eigenvalue weighted by atomic mass is 10.0. The van der Waals surface area contributed by atoms with Crippen LogP contribution in [0.25, 0.3) is 11.0 Å². The highest BCUT2D eigenvalue weighted by Gasteiger charge is 2.34. The van der Waals surface area contributed by atoms with Crippen molar-refractivity contribution in [1.29, 1.82) is 0 Å². The van der Waals surface area contributed by atoms with Crippen LogP contribution in [0.5, 0.6) is 5.75 Å². The number of anilines is 2. The average molecular weight is 544 g/mol. The summed E-state index contributed by atoms with van der Waals surface area (Å²) in [5.74, 6) is 0.279. The summed E-state index contributed by atoms with van der Waals surface area (Å²) in [4.78, 5) is 35.9. The highest BCUT2D eigenvalue weighted by molar-refractivity contribution is 9.10. The first-order valence-corrected chi connectivity index (χ1v) is 12.3. The second-order valence-electron chi connectivity index (χ2n) is 9.42. The lowest BCUT2D eigenvalue weighted by molar-refractivity contribution is 0.0560. The number of rotatable bonds is 5. The number of ether oxygens (including phenoxy) is 2. The molecule has 0 unspecified atom stereocenters. The molecule has 0 aliphatic carbocycles. The number of piperidine rings is 1. The molecule has 1 saturated heterocycles. The third-order valence-electron chi connectivity index (χ3n) is 5.68. The number of aromatic nitrogens is 2. The molecule has 186 valence electrons. The highest BCUT2D eigenvalue weighted by atomic mass is 79.9. The van der Waals surface area contributed by atoms with E-state index in [0.29, 0.717) is 44.7 Å². The van der Waals surface area contributed by atoms with E-state index in [4.69, 9.17) is 9.47 Å². The van der Waals surface area contributed by atoms with Gasteiger partial charge in [0, 0.05) is 24.5 Å². The number of carbonyl (C=O) groups is 2. The summed E-state index contributed by atoms with van der Waals surface area (Å²) >= 11 is 3.61. The molecule has 0 bridgehead atoms. The average Bonchev–Trinajstić information content (AvgIpc) is 3.23. The maximum Gasteiger partial charge on any atom is 0.415 e. The van der Waals surface area contributed by atoms with Crippen LogP contribution in [-0.4, -0.2) is 53.8 Å². The minimum absolute atomic E-state index is 0.127. The fraction of sp³-hybridized carbons (Fsp3) is 0.400. The Morgan fingerprint density at radius 3 is 2.77 bits per heavy atom. The fourth-order valence-corrected chi connectivity index (χ4v) is 4.63. The number of benzene rings is 1. The Morgan fingerprint density at radius 2 is 2.09 bits per heavy atom. The summed E-state index contributed by atoms with van der Waals surface area (Å²) < 4.78 is 11.7. The topological polar surface area (TPSA) is 109 Å². The molecule has 4 rings (SSSR count). The molecule has 1 aromatic carbocycles. The van der Waals surface area contributed by atoms with Crippen molar-refractivity contribution in [2.45, 2.75) is 45.3 Å². The van der Waals surface area contributed by atoms with E-state index in [1.54, 1.807) is 48.7 Å². The first kappa shape index (κ1) is 25.0. The number of pyridine rings is 1. The Labute approximate surface area is 212 Å². The molecular formula is C25H30BrN5O4. The number of H-pyrrole nitrogens is 1. The molecule has 2 aromatic heterocycles. The number of methoxy groups -OCH3 is 1. The highest BCUT2D eigenvalue weighted by Crippen LogP contribution is 2.40. The van der Waals surface area contributed by atoms with E-state index in [1.807, 2.05) is 20.8 Å². The normalized spacial score (nSPS) is 16.1. The molecule has 1 atom stereocenters. The van der Waals surface area contributed by atoms with E-state index in [1.165, 1.54) is 0 Å². The van der Waals surface area contributed by atoms with E-state index in [9.17, 15) is 9.59 Å². The molecule has 0 radical (unpaired) electrons. The van der Waals surface area contributed by atoms with Crippen LogP contribution >= 0.6 is 15.9 Å². The third-order valence-corrected chi connectivity index (χ3v) is 6.26. The molecule has 0 spiro atoms. The first-order valence-electron chi connectivity index (χ1n) is 11.5. The molecule has 9 nitrogen and oxygen atoms in total. The summed E-state index contributed by atoms with van der Waals surface area (Å²) in [6.07, 6.45) is 4.62. The van der Waals surface area contributed by atoms with Crippen LogP contribution < -0.4 is 20.3 Å². The number of amides is 2. The molecule has 35 heavy (non-hydrogen) atoms. The van der Waals surface area contributed by atoms with Crippen LogP contribution in [0.2, 0.25) is 0 Å².